The van der Waals surface area contributed by atoms with E-state index in [1.165, 1.54) is 6.33 Å². The lowest BCUT2D eigenvalue weighted by Crippen LogP contribution is -1.99. The number of hydrogen-bond donors (Lipinski definition) is 1. The maximum atomic E-state index is 5.84. The van der Waals surface area contributed by atoms with Crippen LogP contribution in [0.25, 0.3) is 16.8 Å². The first-order valence-electron chi connectivity index (χ1n) is 5.41. The van der Waals surface area contributed by atoms with Crippen molar-refractivity contribution in [1.29, 1.82) is 0 Å². The molecule has 0 aliphatic carbocycles. The lowest BCUT2D eigenvalue weighted by Gasteiger charge is -2.03. The van der Waals surface area contributed by atoms with E-state index in [0.29, 0.717) is 5.82 Å². The highest BCUT2D eigenvalue weighted by Crippen LogP contribution is 2.27. The summed E-state index contributed by atoms with van der Waals surface area (Å²) in [6.45, 7) is 2.05. The summed E-state index contributed by atoms with van der Waals surface area (Å²) in [4.78, 5) is 4.00. The molecule has 4 heteroatoms. The zero-order chi connectivity index (χ0) is 11.8. The first kappa shape index (κ1) is 9.84. The number of hydrogen-bond acceptors (Lipinski definition) is 3. The van der Waals surface area contributed by atoms with E-state index >= 15 is 0 Å². The molecule has 2 N–H and O–H groups in total. The van der Waals surface area contributed by atoms with Crippen LogP contribution in [-0.2, 0) is 0 Å². The van der Waals surface area contributed by atoms with Crippen molar-refractivity contribution in [2.45, 2.75) is 6.92 Å². The molecule has 0 bridgehead atoms. The molecule has 17 heavy (non-hydrogen) atoms. The quantitative estimate of drug-likeness (QED) is 0.690. The fourth-order valence-corrected chi connectivity index (χ4v) is 2.08. The molecule has 0 fully saturated rings. The Kier molecular flexibility index (Phi) is 2.08. The van der Waals surface area contributed by atoms with Crippen LogP contribution in [0.15, 0.2) is 42.7 Å². The second-order valence-electron chi connectivity index (χ2n) is 3.98. The van der Waals surface area contributed by atoms with Crippen LogP contribution in [0, 0.1) is 6.92 Å². The molecule has 3 rings (SSSR count). The van der Waals surface area contributed by atoms with Gasteiger partial charge in [0, 0.05) is 5.56 Å². The Balaban J connectivity index is 2.37. The molecule has 1 aromatic carbocycles. The van der Waals surface area contributed by atoms with E-state index in [0.717, 1.165) is 22.3 Å². The molecule has 0 aliphatic heterocycles. The number of anilines is 1. The summed E-state index contributed by atoms with van der Waals surface area (Å²) >= 11 is 0. The maximum Gasteiger partial charge on any atom is 0.151 e. The topological polar surface area (TPSA) is 56.2 Å². The highest BCUT2D eigenvalue weighted by molar-refractivity contribution is 5.76. The summed E-state index contributed by atoms with van der Waals surface area (Å²) in [6.07, 6.45) is 1.48. The zero-order valence-corrected chi connectivity index (χ0v) is 9.46. The van der Waals surface area contributed by atoms with Crippen molar-refractivity contribution < 1.29 is 0 Å². The van der Waals surface area contributed by atoms with Gasteiger partial charge in [0.25, 0.3) is 0 Å². The van der Waals surface area contributed by atoms with Crippen LogP contribution in [0.1, 0.15) is 5.56 Å². The van der Waals surface area contributed by atoms with E-state index in [-0.39, 0.29) is 0 Å². The summed E-state index contributed by atoms with van der Waals surface area (Å²) in [7, 11) is 0. The summed E-state index contributed by atoms with van der Waals surface area (Å²) in [6, 6.07) is 12.2. The summed E-state index contributed by atoms with van der Waals surface area (Å²) < 4.78 is 1.84. The number of nitrogens with two attached hydrogens (primary N) is 1. The third-order valence-electron chi connectivity index (χ3n) is 2.84. The van der Waals surface area contributed by atoms with Crippen molar-refractivity contribution >= 4 is 11.3 Å². The molecule has 0 atom stereocenters. The number of aromatic nitrogens is 3. The Labute approximate surface area is 98.7 Å². The molecule has 4 nitrogen and oxygen atoms in total. The van der Waals surface area contributed by atoms with E-state index in [4.69, 9.17) is 5.73 Å². The van der Waals surface area contributed by atoms with E-state index in [1.807, 2.05) is 28.8 Å². The van der Waals surface area contributed by atoms with Crippen molar-refractivity contribution in [2.75, 3.05) is 5.73 Å². The smallest absolute Gasteiger partial charge is 0.151 e. The summed E-state index contributed by atoms with van der Waals surface area (Å²) in [5.74, 6) is 0.505. The predicted molar refractivity (Wildman–Crippen MR) is 67.6 cm³/mol. The molecule has 3 aromatic rings. The normalized spacial score (nSPS) is 10.9. The van der Waals surface area contributed by atoms with Gasteiger partial charge in [-0.05, 0) is 18.6 Å². The number of fused-ring (bicyclic) bond motifs is 1. The Bertz CT molecular complexity index is 670. The second-order valence-corrected chi connectivity index (χ2v) is 3.98. The molecule has 0 unspecified atom stereocenters. The van der Waals surface area contributed by atoms with Crippen LogP contribution in [0.4, 0.5) is 5.82 Å². The van der Waals surface area contributed by atoms with Crippen LogP contribution in [0.2, 0.25) is 0 Å². The van der Waals surface area contributed by atoms with Gasteiger partial charge >= 0.3 is 0 Å². The highest BCUT2D eigenvalue weighted by Gasteiger charge is 2.11. The maximum absolute atomic E-state index is 5.84. The average molecular weight is 224 g/mol. The van der Waals surface area contributed by atoms with E-state index < -0.39 is 0 Å². The SMILES string of the molecule is Cc1cc2c(N)ncnn2c1-c1ccccc1. The zero-order valence-electron chi connectivity index (χ0n) is 9.46. The Morgan fingerprint density at radius 3 is 2.71 bits per heavy atom. The van der Waals surface area contributed by atoms with Crippen molar-refractivity contribution in [3.8, 4) is 11.3 Å². The number of nitrogen functional groups attached to an aromatic ring is 1. The molecular formula is C13H12N4. The number of nitrogens with zero attached hydrogens (tertiary/aromatic N) is 3. The second kappa shape index (κ2) is 3.59. The van der Waals surface area contributed by atoms with Gasteiger partial charge in [-0.1, -0.05) is 30.3 Å². The lowest BCUT2D eigenvalue weighted by molar-refractivity contribution is 0.912. The van der Waals surface area contributed by atoms with Gasteiger partial charge < -0.3 is 5.73 Å². The minimum Gasteiger partial charge on any atom is -0.382 e. The van der Waals surface area contributed by atoms with Crippen LogP contribution in [0.5, 0.6) is 0 Å². The highest BCUT2D eigenvalue weighted by atomic mass is 15.3. The molecular weight excluding hydrogens is 212 g/mol. The first-order valence-corrected chi connectivity index (χ1v) is 5.41. The molecule has 0 spiro atoms. The van der Waals surface area contributed by atoms with Crippen molar-refractivity contribution in [3.05, 3.63) is 48.3 Å². The van der Waals surface area contributed by atoms with Gasteiger partial charge in [0.1, 0.15) is 11.8 Å². The largest absolute Gasteiger partial charge is 0.382 e. The standard InChI is InChI=1S/C13H12N4/c1-9-7-11-13(14)15-8-16-17(11)12(9)10-5-3-2-4-6-10/h2-8H,1H3,(H2,14,15,16). The minimum absolute atomic E-state index is 0.505. The third-order valence-corrected chi connectivity index (χ3v) is 2.84. The van der Waals surface area contributed by atoms with Crippen molar-refractivity contribution in [3.63, 3.8) is 0 Å². The van der Waals surface area contributed by atoms with Crippen molar-refractivity contribution in [1.82, 2.24) is 14.6 Å². The summed E-state index contributed by atoms with van der Waals surface area (Å²) in [5, 5.41) is 4.26. The van der Waals surface area contributed by atoms with Gasteiger partial charge in [0.2, 0.25) is 0 Å². The first-order chi connectivity index (χ1) is 8.27. The molecule has 0 radical (unpaired) electrons. The van der Waals surface area contributed by atoms with Gasteiger partial charge in [-0.25, -0.2) is 9.50 Å². The van der Waals surface area contributed by atoms with Gasteiger partial charge in [0.05, 0.1) is 5.69 Å². The summed E-state index contributed by atoms with van der Waals surface area (Å²) in [5.41, 5.74) is 10.0. The van der Waals surface area contributed by atoms with Crippen LogP contribution >= 0.6 is 0 Å². The van der Waals surface area contributed by atoms with Gasteiger partial charge in [-0.15, -0.1) is 0 Å². The number of aryl methyl sites for hydroxylation is 1. The van der Waals surface area contributed by atoms with Crippen molar-refractivity contribution in [2.24, 2.45) is 0 Å². The lowest BCUT2D eigenvalue weighted by atomic mass is 10.1. The van der Waals surface area contributed by atoms with Crippen LogP contribution in [0.3, 0.4) is 0 Å². The minimum atomic E-state index is 0.505. The van der Waals surface area contributed by atoms with Crippen LogP contribution < -0.4 is 5.73 Å². The fraction of sp³-hybridized carbons (Fsp3) is 0.0769. The molecule has 0 saturated heterocycles. The fourth-order valence-electron chi connectivity index (χ4n) is 2.08. The van der Waals surface area contributed by atoms with Gasteiger partial charge in [-0.2, -0.15) is 5.10 Å². The Hall–Kier alpha value is -2.36. The molecule has 84 valence electrons. The number of rotatable bonds is 1. The van der Waals surface area contributed by atoms with E-state index in [1.54, 1.807) is 0 Å². The molecule has 0 saturated carbocycles. The van der Waals surface area contributed by atoms with Crippen LogP contribution in [-0.4, -0.2) is 14.6 Å². The average Bonchev–Trinajstić information content (AvgIpc) is 2.68. The molecule has 0 amide bonds. The van der Waals surface area contributed by atoms with E-state index in [2.05, 4.69) is 29.1 Å². The molecule has 0 aliphatic rings. The Morgan fingerprint density at radius 2 is 1.94 bits per heavy atom. The van der Waals surface area contributed by atoms with Gasteiger partial charge in [-0.3, -0.25) is 0 Å². The predicted octanol–water partition coefficient (Wildman–Crippen LogP) is 2.29. The Morgan fingerprint density at radius 1 is 1.18 bits per heavy atom. The van der Waals surface area contributed by atoms with E-state index in [9.17, 15) is 0 Å². The monoisotopic (exact) mass is 224 g/mol. The number of benzene rings is 1. The molecule has 2 aromatic heterocycles. The van der Waals surface area contributed by atoms with Gasteiger partial charge in [0.15, 0.2) is 5.82 Å². The molecule has 2 heterocycles. The third kappa shape index (κ3) is 1.45.